The first-order chi connectivity index (χ1) is 24.8. The van der Waals surface area contributed by atoms with E-state index >= 15 is 0 Å². The average molecular weight is 657 g/mol. The van der Waals surface area contributed by atoms with Gasteiger partial charge in [0.15, 0.2) is 5.82 Å². The SMILES string of the molecule is c1ccc(N(c2ccccc2)c2ccc(-c3nc(-c4nc5c(ccc6sc7ccccc7c65)c5ccccc45)nc4ccccc34)cc2)cc1. The molecule has 234 valence electrons. The molecule has 0 aliphatic carbocycles. The minimum Gasteiger partial charge on any atom is -0.311 e. The van der Waals surface area contributed by atoms with Crippen LogP contribution in [0.4, 0.5) is 17.1 Å². The molecular weight excluding hydrogens is 629 g/mol. The molecule has 0 unspecified atom stereocenters. The van der Waals surface area contributed by atoms with Gasteiger partial charge in [0.05, 0.1) is 16.7 Å². The Hall–Kier alpha value is -6.43. The third-order valence-corrected chi connectivity index (χ3v) is 10.6. The monoisotopic (exact) mass is 656 g/mol. The number of thiophene rings is 1. The van der Waals surface area contributed by atoms with Crippen molar-refractivity contribution in [3.8, 4) is 22.8 Å². The summed E-state index contributed by atoms with van der Waals surface area (Å²) in [4.78, 5) is 18.2. The second kappa shape index (κ2) is 11.6. The number of benzene rings is 7. The predicted molar refractivity (Wildman–Crippen MR) is 211 cm³/mol. The highest BCUT2D eigenvalue weighted by Gasteiger charge is 2.19. The van der Waals surface area contributed by atoms with Gasteiger partial charge in [0.25, 0.3) is 0 Å². The molecule has 0 aliphatic heterocycles. The summed E-state index contributed by atoms with van der Waals surface area (Å²) >= 11 is 1.81. The van der Waals surface area contributed by atoms with Crippen LogP contribution in [0.15, 0.2) is 170 Å². The molecule has 3 aromatic heterocycles. The van der Waals surface area contributed by atoms with E-state index in [4.69, 9.17) is 15.0 Å². The summed E-state index contributed by atoms with van der Waals surface area (Å²) in [6.07, 6.45) is 0. The fraction of sp³-hybridized carbons (Fsp3) is 0. The van der Waals surface area contributed by atoms with Crippen molar-refractivity contribution in [3.05, 3.63) is 170 Å². The van der Waals surface area contributed by atoms with Crippen LogP contribution in [0.1, 0.15) is 0 Å². The van der Waals surface area contributed by atoms with Gasteiger partial charge in [0.2, 0.25) is 0 Å². The van der Waals surface area contributed by atoms with E-state index in [0.29, 0.717) is 5.82 Å². The molecule has 50 heavy (non-hydrogen) atoms. The molecule has 0 spiro atoms. The second-order valence-electron chi connectivity index (χ2n) is 12.4. The molecule has 7 aromatic carbocycles. The number of fused-ring (bicyclic) bond motifs is 8. The van der Waals surface area contributed by atoms with Gasteiger partial charge in [-0.15, -0.1) is 11.3 Å². The van der Waals surface area contributed by atoms with Crippen LogP contribution in [-0.4, -0.2) is 15.0 Å². The molecule has 10 aromatic rings. The fourth-order valence-corrected chi connectivity index (χ4v) is 8.28. The summed E-state index contributed by atoms with van der Waals surface area (Å²) in [6, 6.07) is 59.5. The van der Waals surface area contributed by atoms with Crippen molar-refractivity contribution in [2.75, 3.05) is 4.90 Å². The number of hydrogen-bond acceptors (Lipinski definition) is 5. The van der Waals surface area contributed by atoms with Crippen molar-refractivity contribution in [3.63, 3.8) is 0 Å². The van der Waals surface area contributed by atoms with Gasteiger partial charge in [-0.25, -0.2) is 15.0 Å². The molecule has 0 saturated heterocycles. The van der Waals surface area contributed by atoms with E-state index in [0.717, 1.165) is 66.6 Å². The molecule has 0 fully saturated rings. The van der Waals surface area contributed by atoms with E-state index < -0.39 is 0 Å². The normalized spacial score (nSPS) is 11.6. The highest BCUT2D eigenvalue weighted by molar-refractivity contribution is 7.26. The van der Waals surface area contributed by atoms with Crippen LogP contribution in [0.3, 0.4) is 0 Å². The zero-order chi connectivity index (χ0) is 33.0. The van der Waals surface area contributed by atoms with Crippen molar-refractivity contribution in [1.82, 2.24) is 15.0 Å². The van der Waals surface area contributed by atoms with Gasteiger partial charge in [0.1, 0.15) is 5.69 Å². The van der Waals surface area contributed by atoms with Crippen LogP contribution in [0, 0.1) is 0 Å². The van der Waals surface area contributed by atoms with Crippen molar-refractivity contribution in [1.29, 1.82) is 0 Å². The average Bonchev–Trinajstić information content (AvgIpc) is 3.58. The summed E-state index contributed by atoms with van der Waals surface area (Å²) in [6.45, 7) is 0. The minimum atomic E-state index is 0.618. The molecular formula is C45H28N4S. The van der Waals surface area contributed by atoms with Crippen LogP contribution in [0.2, 0.25) is 0 Å². The summed E-state index contributed by atoms with van der Waals surface area (Å²) in [5.41, 5.74) is 7.83. The molecule has 0 atom stereocenters. The number of para-hydroxylation sites is 3. The Bertz CT molecular complexity index is 2830. The predicted octanol–water partition coefficient (Wildman–Crippen LogP) is 12.5. The summed E-state index contributed by atoms with van der Waals surface area (Å²) in [5.74, 6) is 0.618. The van der Waals surface area contributed by atoms with E-state index in [1.165, 1.54) is 20.2 Å². The van der Waals surface area contributed by atoms with Gasteiger partial charge in [-0.3, -0.25) is 0 Å². The number of hydrogen-bond donors (Lipinski definition) is 0. The van der Waals surface area contributed by atoms with Crippen LogP contribution in [-0.2, 0) is 0 Å². The smallest absolute Gasteiger partial charge is 0.179 e. The maximum absolute atomic E-state index is 5.45. The Morgan fingerprint density at radius 1 is 0.380 bits per heavy atom. The van der Waals surface area contributed by atoms with E-state index in [2.05, 4.69) is 157 Å². The lowest BCUT2D eigenvalue weighted by atomic mass is 10.00. The molecule has 0 radical (unpaired) electrons. The lowest BCUT2D eigenvalue weighted by Crippen LogP contribution is -2.09. The highest BCUT2D eigenvalue weighted by atomic mass is 32.1. The zero-order valence-corrected chi connectivity index (χ0v) is 27.7. The molecule has 0 amide bonds. The summed E-state index contributed by atoms with van der Waals surface area (Å²) in [5, 5.41) is 6.74. The molecule has 4 nitrogen and oxygen atoms in total. The maximum Gasteiger partial charge on any atom is 0.179 e. The summed E-state index contributed by atoms with van der Waals surface area (Å²) < 4.78 is 2.49. The number of nitrogens with zero attached hydrogens (tertiary/aromatic N) is 4. The first-order valence-electron chi connectivity index (χ1n) is 16.7. The first-order valence-corrected chi connectivity index (χ1v) is 17.5. The maximum atomic E-state index is 5.45. The lowest BCUT2D eigenvalue weighted by molar-refractivity contribution is 1.20. The molecule has 0 bridgehead atoms. The topological polar surface area (TPSA) is 41.9 Å². The first kappa shape index (κ1) is 28.6. The Kier molecular flexibility index (Phi) is 6.64. The van der Waals surface area contributed by atoms with Crippen LogP contribution in [0.5, 0.6) is 0 Å². The van der Waals surface area contributed by atoms with Crippen LogP contribution >= 0.6 is 11.3 Å². The Balaban J connectivity index is 1.18. The van der Waals surface area contributed by atoms with E-state index in [1.807, 2.05) is 29.5 Å². The minimum absolute atomic E-state index is 0.618. The van der Waals surface area contributed by atoms with Gasteiger partial charge in [-0.1, -0.05) is 115 Å². The molecule has 0 saturated carbocycles. The van der Waals surface area contributed by atoms with Crippen molar-refractivity contribution >= 4 is 81.1 Å². The van der Waals surface area contributed by atoms with Gasteiger partial charge < -0.3 is 4.90 Å². The number of rotatable bonds is 5. The Morgan fingerprint density at radius 2 is 0.980 bits per heavy atom. The van der Waals surface area contributed by atoms with Gasteiger partial charge in [-0.05, 0) is 60.0 Å². The molecule has 5 heteroatoms. The van der Waals surface area contributed by atoms with Crippen molar-refractivity contribution in [2.45, 2.75) is 0 Å². The molecule has 0 N–H and O–H groups in total. The second-order valence-corrected chi connectivity index (χ2v) is 13.5. The lowest BCUT2D eigenvalue weighted by Gasteiger charge is -2.25. The van der Waals surface area contributed by atoms with Gasteiger partial charge in [-0.2, -0.15) is 0 Å². The van der Waals surface area contributed by atoms with E-state index in [9.17, 15) is 0 Å². The van der Waals surface area contributed by atoms with Crippen LogP contribution in [0.25, 0.3) is 75.5 Å². The quantitative estimate of drug-likeness (QED) is 0.173. The highest BCUT2D eigenvalue weighted by Crippen LogP contribution is 2.42. The summed E-state index contributed by atoms with van der Waals surface area (Å²) in [7, 11) is 0. The third kappa shape index (κ3) is 4.63. The van der Waals surface area contributed by atoms with Gasteiger partial charge >= 0.3 is 0 Å². The molecule has 0 aliphatic rings. The molecule has 10 rings (SSSR count). The number of aromatic nitrogens is 3. The Morgan fingerprint density at radius 3 is 1.72 bits per heavy atom. The number of anilines is 3. The van der Waals surface area contributed by atoms with Crippen molar-refractivity contribution in [2.24, 2.45) is 0 Å². The third-order valence-electron chi connectivity index (χ3n) is 9.45. The number of pyridine rings is 1. The van der Waals surface area contributed by atoms with E-state index in [1.54, 1.807) is 0 Å². The van der Waals surface area contributed by atoms with Gasteiger partial charge in [0, 0.05) is 59.0 Å². The molecule has 3 heterocycles. The van der Waals surface area contributed by atoms with Crippen LogP contribution < -0.4 is 4.90 Å². The van der Waals surface area contributed by atoms with E-state index in [-0.39, 0.29) is 0 Å². The Labute approximate surface area is 292 Å². The standard InChI is InChI=1S/C45H28N4S/c1-3-13-30(14-4-1)49(31-15-5-2-6-16-31)32-25-23-29(24-26-32)42-36-19-9-11-21-38(36)46-45(48-42)44-34-18-8-7-17-33(34)35-27-28-40-41(43(35)47-44)37-20-10-12-22-39(37)50-40/h1-28H. The van der Waals surface area contributed by atoms with Crippen molar-refractivity contribution < 1.29 is 0 Å². The largest absolute Gasteiger partial charge is 0.311 e. The zero-order valence-electron chi connectivity index (χ0n) is 26.9. The fourth-order valence-electron chi connectivity index (χ4n) is 7.17.